The first-order valence-corrected chi connectivity index (χ1v) is 13.3. The van der Waals surface area contributed by atoms with Crippen molar-refractivity contribution in [1.29, 1.82) is 0 Å². The second-order valence-electron chi connectivity index (χ2n) is 7.98. The van der Waals surface area contributed by atoms with Gasteiger partial charge in [-0.2, -0.15) is 0 Å². The maximum absolute atomic E-state index is 13.6. The van der Waals surface area contributed by atoms with Gasteiger partial charge in [0.15, 0.2) is 0 Å². The number of ether oxygens (including phenoxy) is 1. The Morgan fingerprint density at radius 2 is 1.68 bits per heavy atom. The first-order chi connectivity index (χ1) is 16.2. The smallest absolute Gasteiger partial charge is 0.244 e. The molecule has 1 unspecified atom stereocenters. The van der Waals surface area contributed by atoms with Crippen molar-refractivity contribution in [3.05, 3.63) is 60.2 Å². The Kier molecular flexibility index (Phi) is 10.4. The first-order valence-electron chi connectivity index (χ1n) is 11.4. The molecule has 1 N–H and O–H groups in total. The zero-order valence-electron chi connectivity index (χ0n) is 20.4. The highest BCUT2D eigenvalue weighted by Crippen LogP contribution is 2.29. The number of benzene rings is 2. The molecule has 2 aromatic carbocycles. The Balaban J connectivity index is 2.37. The van der Waals surface area contributed by atoms with Crippen LogP contribution in [0.3, 0.4) is 0 Å². The molecule has 1 atom stereocenters. The summed E-state index contributed by atoms with van der Waals surface area (Å²) in [6.45, 7) is 4.15. The van der Waals surface area contributed by atoms with E-state index in [0.717, 1.165) is 22.5 Å². The van der Waals surface area contributed by atoms with Gasteiger partial charge in [-0.3, -0.25) is 13.9 Å². The summed E-state index contributed by atoms with van der Waals surface area (Å²) in [6, 6.07) is 15.6. The van der Waals surface area contributed by atoms with Crippen molar-refractivity contribution >= 4 is 27.5 Å². The van der Waals surface area contributed by atoms with Gasteiger partial charge in [0.05, 0.1) is 19.1 Å². The Bertz CT molecular complexity index is 1040. The van der Waals surface area contributed by atoms with Crippen LogP contribution in [-0.2, 0) is 26.0 Å². The molecule has 0 saturated carbocycles. The number of rotatable bonds is 13. The van der Waals surface area contributed by atoms with Gasteiger partial charge >= 0.3 is 0 Å². The molecule has 0 heterocycles. The molecule has 2 amide bonds. The van der Waals surface area contributed by atoms with Gasteiger partial charge in [-0.05, 0) is 37.0 Å². The Hall–Kier alpha value is -3.07. The molecule has 0 aromatic heterocycles. The number of hydrogen-bond acceptors (Lipinski definition) is 5. The summed E-state index contributed by atoms with van der Waals surface area (Å²) in [4.78, 5) is 28.0. The molecular formula is C25H35N3O5S. The lowest BCUT2D eigenvalue weighted by molar-refractivity contribution is -0.139. The Labute approximate surface area is 202 Å². The number of nitrogens with one attached hydrogen (secondary N) is 1. The van der Waals surface area contributed by atoms with Gasteiger partial charge < -0.3 is 15.0 Å². The maximum Gasteiger partial charge on any atom is 0.244 e. The lowest BCUT2D eigenvalue weighted by Gasteiger charge is -2.33. The summed E-state index contributed by atoms with van der Waals surface area (Å²) >= 11 is 0. The zero-order chi connectivity index (χ0) is 25.1. The van der Waals surface area contributed by atoms with Crippen LogP contribution in [0.4, 0.5) is 5.69 Å². The molecule has 0 aliphatic heterocycles. The monoisotopic (exact) mass is 489 g/mol. The highest BCUT2D eigenvalue weighted by molar-refractivity contribution is 7.92. The van der Waals surface area contributed by atoms with E-state index in [1.54, 1.807) is 24.3 Å². The fourth-order valence-corrected chi connectivity index (χ4v) is 4.55. The zero-order valence-corrected chi connectivity index (χ0v) is 21.2. The third-order valence-corrected chi connectivity index (χ3v) is 6.58. The van der Waals surface area contributed by atoms with Crippen molar-refractivity contribution in [2.75, 3.05) is 37.3 Å². The van der Waals surface area contributed by atoms with Crippen LogP contribution in [-0.4, -0.2) is 64.2 Å². The van der Waals surface area contributed by atoms with E-state index in [-0.39, 0.29) is 18.1 Å². The van der Waals surface area contributed by atoms with Gasteiger partial charge in [0, 0.05) is 13.1 Å². The number of para-hydroxylation sites is 2. The van der Waals surface area contributed by atoms with Gasteiger partial charge in [0.25, 0.3) is 0 Å². The van der Waals surface area contributed by atoms with Gasteiger partial charge in [0.2, 0.25) is 21.8 Å². The van der Waals surface area contributed by atoms with Crippen molar-refractivity contribution < 1.29 is 22.7 Å². The van der Waals surface area contributed by atoms with Crippen LogP contribution in [0, 0.1) is 0 Å². The average molecular weight is 490 g/mol. The number of anilines is 1. The minimum Gasteiger partial charge on any atom is -0.495 e. The minimum absolute atomic E-state index is 0.242. The average Bonchev–Trinajstić information content (AvgIpc) is 2.83. The molecule has 186 valence electrons. The van der Waals surface area contributed by atoms with Crippen LogP contribution in [0.15, 0.2) is 54.6 Å². The third kappa shape index (κ3) is 7.48. The molecule has 34 heavy (non-hydrogen) atoms. The molecule has 0 saturated heterocycles. The van der Waals surface area contributed by atoms with Crippen molar-refractivity contribution in [2.24, 2.45) is 0 Å². The molecular weight excluding hydrogens is 454 g/mol. The summed E-state index contributed by atoms with van der Waals surface area (Å²) in [5, 5.41) is 2.87. The number of carbonyl (C=O) groups is 2. The van der Waals surface area contributed by atoms with Crippen molar-refractivity contribution in [3.8, 4) is 5.75 Å². The number of nitrogens with zero attached hydrogens (tertiary/aromatic N) is 2. The normalized spacial score (nSPS) is 12.0. The van der Waals surface area contributed by atoms with Crippen LogP contribution in [0.2, 0.25) is 0 Å². The standard InChI is InChI=1S/C25H35N3O5S/c1-5-17-26-25(30)21(6-2)27(18-16-20-12-8-7-9-13-20)24(29)19-28(34(4,31)32)22-14-10-11-15-23(22)33-3/h7-15,21H,5-6,16-19H2,1-4H3,(H,26,30). The van der Waals surface area contributed by atoms with Gasteiger partial charge in [0.1, 0.15) is 18.3 Å². The van der Waals surface area contributed by atoms with Crippen molar-refractivity contribution in [2.45, 2.75) is 39.2 Å². The molecule has 8 nitrogen and oxygen atoms in total. The van der Waals surface area contributed by atoms with E-state index in [2.05, 4.69) is 5.32 Å². The van der Waals surface area contributed by atoms with Crippen LogP contribution < -0.4 is 14.4 Å². The second-order valence-corrected chi connectivity index (χ2v) is 9.89. The highest BCUT2D eigenvalue weighted by atomic mass is 32.2. The quantitative estimate of drug-likeness (QED) is 0.467. The molecule has 9 heteroatoms. The fourth-order valence-electron chi connectivity index (χ4n) is 3.69. The Morgan fingerprint density at radius 1 is 1.03 bits per heavy atom. The molecule has 0 aliphatic rings. The van der Waals surface area contributed by atoms with Gasteiger partial charge in [-0.25, -0.2) is 8.42 Å². The molecule has 0 spiro atoms. The fraction of sp³-hybridized carbons (Fsp3) is 0.440. The number of amides is 2. The number of methoxy groups -OCH3 is 1. The lowest BCUT2D eigenvalue weighted by Crippen LogP contribution is -2.53. The number of carbonyl (C=O) groups excluding carboxylic acids is 2. The molecule has 2 aromatic rings. The van der Waals surface area contributed by atoms with E-state index < -0.39 is 28.5 Å². The molecule has 0 bridgehead atoms. The van der Waals surface area contributed by atoms with Crippen molar-refractivity contribution in [1.82, 2.24) is 10.2 Å². The largest absolute Gasteiger partial charge is 0.495 e. The summed E-state index contributed by atoms with van der Waals surface area (Å²) in [5.41, 5.74) is 1.29. The van der Waals surface area contributed by atoms with Crippen molar-refractivity contribution in [3.63, 3.8) is 0 Å². The summed E-state index contributed by atoms with van der Waals surface area (Å²) in [6.07, 6.45) is 2.77. The SMILES string of the molecule is CCCNC(=O)C(CC)N(CCc1ccccc1)C(=O)CN(c1ccccc1OC)S(C)(=O)=O. The molecule has 0 radical (unpaired) electrons. The molecule has 2 rings (SSSR count). The topological polar surface area (TPSA) is 96.0 Å². The first kappa shape index (κ1) is 27.2. The minimum atomic E-state index is -3.81. The highest BCUT2D eigenvalue weighted by Gasteiger charge is 2.32. The summed E-state index contributed by atoms with van der Waals surface area (Å²) in [5.74, 6) is -0.357. The van der Waals surface area contributed by atoms with Crippen LogP contribution in [0.25, 0.3) is 0 Å². The molecule has 0 fully saturated rings. The van der Waals surface area contributed by atoms with E-state index in [1.807, 2.05) is 44.2 Å². The van der Waals surface area contributed by atoms with E-state index >= 15 is 0 Å². The van der Waals surface area contributed by atoms with E-state index in [0.29, 0.717) is 25.1 Å². The van der Waals surface area contributed by atoms with Crippen LogP contribution >= 0.6 is 0 Å². The van der Waals surface area contributed by atoms with E-state index in [4.69, 9.17) is 4.74 Å². The number of hydrogen-bond donors (Lipinski definition) is 1. The van der Waals surface area contributed by atoms with Crippen LogP contribution in [0.1, 0.15) is 32.3 Å². The van der Waals surface area contributed by atoms with Crippen LogP contribution in [0.5, 0.6) is 5.75 Å². The predicted octanol–water partition coefficient (Wildman–Crippen LogP) is 2.84. The third-order valence-electron chi connectivity index (χ3n) is 5.45. The maximum atomic E-state index is 13.6. The van der Waals surface area contributed by atoms with E-state index in [1.165, 1.54) is 12.0 Å². The number of sulfonamides is 1. The second kappa shape index (κ2) is 13.0. The summed E-state index contributed by atoms with van der Waals surface area (Å²) < 4.78 is 31.7. The van der Waals surface area contributed by atoms with Gasteiger partial charge in [-0.15, -0.1) is 0 Å². The Morgan fingerprint density at radius 3 is 2.26 bits per heavy atom. The van der Waals surface area contributed by atoms with E-state index in [9.17, 15) is 18.0 Å². The predicted molar refractivity (Wildman–Crippen MR) is 134 cm³/mol. The van der Waals surface area contributed by atoms with Gasteiger partial charge in [-0.1, -0.05) is 56.3 Å². The summed E-state index contributed by atoms with van der Waals surface area (Å²) in [7, 11) is -2.36. The lowest BCUT2D eigenvalue weighted by atomic mass is 10.1. The molecule has 0 aliphatic carbocycles.